The average Bonchev–Trinajstić information content (AvgIpc) is 3.35. The molecule has 0 saturated carbocycles. The second-order valence-corrected chi connectivity index (χ2v) is 8.45. The molecule has 34 heavy (non-hydrogen) atoms. The number of carbonyl (C=O) groups excluding carboxylic acids is 1. The number of nitrogens with zero attached hydrogens (tertiary/aromatic N) is 3. The normalized spacial score (nSPS) is 13.0. The van der Waals surface area contributed by atoms with Gasteiger partial charge in [0.1, 0.15) is 5.82 Å². The number of aromatic nitrogens is 2. The zero-order chi connectivity index (χ0) is 23.7. The second kappa shape index (κ2) is 9.11. The van der Waals surface area contributed by atoms with Gasteiger partial charge in [0.05, 0.1) is 36.3 Å². The smallest absolute Gasteiger partial charge is 0.339 e. The van der Waals surface area contributed by atoms with Crippen LogP contribution in [0.15, 0.2) is 72.8 Å². The molecule has 3 aromatic carbocycles. The summed E-state index contributed by atoms with van der Waals surface area (Å²) in [4.78, 5) is 14.3. The van der Waals surface area contributed by atoms with Crippen molar-refractivity contribution in [1.29, 1.82) is 0 Å². The molecule has 0 atom stereocenters. The first-order chi connectivity index (χ1) is 16.5. The molecule has 172 valence electrons. The predicted molar refractivity (Wildman–Crippen MR) is 129 cm³/mol. The summed E-state index contributed by atoms with van der Waals surface area (Å²) in [5, 5.41) is 8.16. The number of nitrogens with one attached hydrogen (secondary N) is 1. The molecule has 1 aliphatic heterocycles. The number of anilines is 2. The van der Waals surface area contributed by atoms with Crippen LogP contribution in [-0.4, -0.2) is 34.8 Å². The van der Waals surface area contributed by atoms with E-state index < -0.39 is 5.97 Å². The summed E-state index contributed by atoms with van der Waals surface area (Å²) < 4.78 is 21.6. The molecule has 0 amide bonds. The van der Waals surface area contributed by atoms with E-state index in [1.165, 1.54) is 13.2 Å². The van der Waals surface area contributed by atoms with Crippen LogP contribution in [-0.2, 0) is 24.4 Å². The molecule has 4 aromatic rings. The average molecular weight is 457 g/mol. The summed E-state index contributed by atoms with van der Waals surface area (Å²) in [6, 6.07) is 22.0. The quantitative estimate of drug-likeness (QED) is 0.404. The monoisotopic (exact) mass is 456 g/mol. The summed E-state index contributed by atoms with van der Waals surface area (Å²) >= 11 is 0. The van der Waals surface area contributed by atoms with Crippen molar-refractivity contribution in [2.75, 3.05) is 19.5 Å². The standard InChI is InChI=1S/C27H25FN4O2/c1-31-16-22-25(17-31)30-32(26(22)20-10-3-5-12-23(20)28)15-18-8-7-9-19(14-18)29-24-13-6-4-11-21(24)27(33)34-2/h3-14,29H,15-17H2,1-2H3. The Kier molecular flexibility index (Phi) is 5.86. The van der Waals surface area contributed by atoms with Gasteiger partial charge in [-0.1, -0.05) is 36.4 Å². The Morgan fingerprint density at radius 3 is 2.68 bits per heavy atom. The number of halogens is 1. The summed E-state index contributed by atoms with van der Waals surface area (Å²) in [6.45, 7) is 1.98. The van der Waals surface area contributed by atoms with Gasteiger partial charge >= 0.3 is 5.97 Å². The number of hydrogen-bond acceptors (Lipinski definition) is 5. The van der Waals surface area contributed by atoms with E-state index in [1.807, 2.05) is 60.3 Å². The lowest BCUT2D eigenvalue weighted by Gasteiger charge is -2.14. The third kappa shape index (κ3) is 4.18. The van der Waals surface area contributed by atoms with Crippen LogP contribution in [0.1, 0.15) is 27.2 Å². The van der Waals surface area contributed by atoms with Crippen molar-refractivity contribution in [3.8, 4) is 11.3 Å². The topological polar surface area (TPSA) is 59.4 Å². The number of rotatable bonds is 6. The third-order valence-electron chi connectivity index (χ3n) is 5.98. The molecule has 1 aromatic heterocycles. The molecule has 0 radical (unpaired) electrons. The van der Waals surface area contributed by atoms with Crippen LogP contribution in [0.2, 0.25) is 0 Å². The third-order valence-corrected chi connectivity index (χ3v) is 5.98. The Labute approximate surface area is 197 Å². The number of methoxy groups -OCH3 is 1. The number of fused-ring (bicyclic) bond motifs is 1. The highest BCUT2D eigenvalue weighted by Crippen LogP contribution is 2.34. The number of para-hydroxylation sites is 1. The molecule has 0 spiro atoms. The predicted octanol–water partition coefficient (Wildman–Crippen LogP) is 5.21. The molecule has 0 aliphatic carbocycles. The van der Waals surface area contributed by atoms with Gasteiger partial charge < -0.3 is 10.1 Å². The number of hydrogen-bond donors (Lipinski definition) is 1. The zero-order valence-electron chi connectivity index (χ0n) is 19.1. The fourth-order valence-corrected chi connectivity index (χ4v) is 4.45. The van der Waals surface area contributed by atoms with Crippen molar-refractivity contribution in [2.45, 2.75) is 19.6 Å². The van der Waals surface area contributed by atoms with Gasteiger partial charge in [0.15, 0.2) is 0 Å². The highest BCUT2D eigenvalue weighted by molar-refractivity contribution is 5.96. The molecule has 5 rings (SSSR count). The van der Waals surface area contributed by atoms with Crippen LogP contribution in [0.25, 0.3) is 11.3 Å². The molecule has 2 heterocycles. The van der Waals surface area contributed by atoms with Gasteiger partial charge in [-0.15, -0.1) is 0 Å². The highest BCUT2D eigenvalue weighted by Gasteiger charge is 2.27. The molecule has 0 bridgehead atoms. The first-order valence-corrected chi connectivity index (χ1v) is 11.1. The molecule has 0 fully saturated rings. The van der Waals surface area contributed by atoms with Gasteiger partial charge in [0.25, 0.3) is 0 Å². The Morgan fingerprint density at radius 2 is 1.85 bits per heavy atom. The molecular formula is C27H25FN4O2. The molecule has 6 nitrogen and oxygen atoms in total. The largest absolute Gasteiger partial charge is 0.465 e. The van der Waals surface area contributed by atoms with Crippen molar-refractivity contribution in [3.63, 3.8) is 0 Å². The van der Waals surface area contributed by atoms with Crippen molar-refractivity contribution in [2.24, 2.45) is 0 Å². The maximum Gasteiger partial charge on any atom is 0.339 e. The Bertz CT molecular complexity index is 1360. The molecule has 0 unspecified atom stereocenters. The lowest BCUT2D eigenvalue weighted by molar-refractivity contribution is 0.0602. The molecular weight excluding hydrogens is 431 g/mol. The van der Waals surface area contributed by atoms with Gasteiger partial charge in [-0.2, -0.15) is 5.10 Å². The highest BCUT2D eigenvalue weighted by atomic mass is 19.1. The first kappa shape index (κ1) is 21.9. The van der Waals surface area contributed by atoms with Crippen LogP contribution in [0.3, 0.4) is 0 Å². The fraction of sp³-hybridized carbons (Fsp3) is 0.185. The van der Waals surface area contributed by atoms with E-state index in [-0.39, 0.29) is 5.82 Å². The Morgan fingerprint density at radius 1 is 1.06 bits per heavy atom. The minimum atomic E-state index is -0.398. The summed E-state index contributed by atoms with van der Waals surface area (Å²) in [7, 11) is 3.41. The van der Waals surface area contributed by atoms with Crippen LogP contribution < -0.4 is 5.32 Å². The SMILES string of the molecule is COC(=O)c1ccccc1Nc1cccc(Cn2nc3c(c2-c2ccccc2F)CN(C)C3)c1. The van der Waals surface area contributed by atoms with Crippen molar-refractivity contribution < 1.29 is 13.9 Å². The number of benzene rings is 3. The van der Waals surface area contributed by atoms with Crippen molar-refractivity contribution >= 4 is 17.3 Å². The maximum absolute atomic E-state index is 14.8. The van der Waals surface area contributed by atoms with E-state index in [9.17, 15) is 9.18 Å². The second-order valence-electron chi connectivity index (χ2n) is 8.45. The van der Waals surface area contributed by atoms with Gasteiger partial charge in [0.2, 0.25) is 0 Å². The number of ether oxygens (including phenoxy) is 1. The van der Waals surface area contributed by atoms with Gasteiger partial charge in [0, 0.05) is 29.9 Å². The van der Waals surface area contributed by atoms with Crippen LogP contribution in [0.4, 0.5) is 15.8 Å². The minimum Gasteiger partial charge on any atom is -0.465 e. The van der Waals surface area contributed by atoms with E-state index in [0.29, 0.717) is 23.4 Å². The van der Waals surface area contributed by atoms with Crippen molar-refractivity contribution in [3.05, 3.63) is 101 Å². The lowest BCUT2D eigenvalue weighted by Crippen LogP contribution is -2.13. The van der Waals surface area contributed by atoms with Gasteiger partial charge in [-0.05, 0) is 49.0 Å². The van der Waals surface area contributed by atoms with Gasteiger partial charge in [-0.25, -0.2) is 9.18 Å². The summed E-state index contributed by atoms with van der Waals surface area (Å²) in [6.07, 6.45) is 0. The lowest BCUT2D eigenvalue weighted by atomic mass is 10.1. The minimum absolute atomic E-state index is 0.254. The maximum atomic E-state index is 14.8. The number of carbonyl (C=O) groups is 1. The van der Waals surface area contributed by atoms with Crippen LogP contribution in [0.5, 0.6) is 0 Å². The van der Waals surface area contributed by atoms with E-state index in [0.717, 1.165) is 41.3 Å². The van der Waals surface area contributed by atoms with E-state index in [1.54, 1.807) is 18.2 Å². The van der Waals surface area contributed by atoms with E-state index in [2.05, 4.69) is 10.2 Å². The molecule has 7 heteroatoms. The summed E-state index contributed by atoms with van der Waals surface area (Å²) in [5.41, 5.74) is 6.42. The van der Waals surface area contributed by atoms with E-state index >= 15 is 0 Å². The zero-order valence-corrected chi connectivity index (χ0v) is 19.1. The summed E-state index contributed by atoms with van der Waals surface area (Å²) in [5.74, 6) is -0.652. The Balaban J connectivity index is 1.47. The first-order valence-electron chi connectivity index (χ1n) is 11.1. The molecule has 0 saturated heterocycles. The number of esters is 1. The molecule has 1 aliphatic rings. The van der Waals surface area contributed by atoms with Gasteiger partial charge in [-0.3, -0.25) is 9.58 Å². The Hall–Kier alpha value is -3.97. The fourth-order valence-electron chi connectivity index (χ4n) is 4.45. The van der Waals surface area contributed by atoms with Crippen LogP contribution >= 0.6 is 0 Å². The molecule has 1 N–H and O–H groups in total. The van der Waals surface area contributed by atoms with Crippen molar-refractivity contribution in [1.82, 2.24) is 14.7 Å². The van der Waals surface area contributed by atoms with Crippen LogP contribution in [0, 0.1) is 5.82 Å². The van der Waals surface area contributed by atoms with E-state index in [4.69, 9.17) is 9.84 Å².